The van der Waals surface area contributed by atoms with Gasteiger partial charge in [0.25, 0.3) is 0 Å². The summed E-state index contributed by atoms with van der Waals surface area (Å²) in [6.07, 6.45) is 10.3. The van der Waals surface area contributed by atoms with Crippen molar-refractivity contribution in [3.8, 4) is 0 Å². The summed E-state index contributed by atoms with van der Waals surface area (Å²) in [6, 6.07) is -1.33. The molecule has 0 saturated heterocycles. The van der Waals surface area contributed by atoms with Crippen LogP contribution in [0.25, 0.3) is 0 Å². The van der Waals surface area contributed by atoms with Crippen LogP contribution in [0.15, 0.2) is 0 Å². The van der Waals surface area contributed by atoms with E-state index in [9.17, 15) is 64.2 Å². The summed E-state index contributed by atoms with van der Waals surface area (Å²) >= 11 is 0. The molecular weight excluding hydrogens is 914 g/mol. The van der Waals surface area contributed by atoms with Crippen LogP contribution in [-0.2, 0) is 33.6 Å². The molecule has 0 aromatic rings. The van der Waals surface area contributed by atoms with Gasteiger partial charge in [-0.15, -0.1) is 0 Å². The van der Waals surface area contributed by atoms with Gasteiger partial charge in [-0.2, -0.15) is 0 Å². The normalized spacial score (nSPS) is 29.7. The second-order valence-corrected chi connectivity index (χ2v) is 18.3. The van der Waals surface area contributed by atoms with E-state index in [2.05, 4.69) is 26.1 Å². The molecule has 0 bridgehead atoms. The van der Waals surface area contributed by atoms with Crippen LogP contribution in [0.2, 0.25) is 0 Å². The summed E-state index contributed by atoms with van der Waals surface area (Å²) < 4.78 is 0. The van der Waals surface area contributed by atoms with Crippen molar-refractivity contribution in [1.82, 2.24) is 20.0 Å². The standard InChI is InChI=1S/C41H66N4O13.Gd/c1-25(4-11-34(47)48)29-7-8-30-28-6-5-26-20-27(12-14-40(26,2)31(28)13-15-41(29,30)3)42-33(46)10-9-32(39(57)58)45(18-16-43(21-35(49)50)22-36(51)52)19-17-44(23-37(53)54)24-38(55)56;/h25-32H,4-24H2,1-3H3,(H,42,46)(H,47,48)(H,49,50)(H,51,52)(H,53,54)(H,55,56)(H,57,58);/q;+3/t25?,26?,27-,28?,29+,30?,31?,32+,40-,41+;/m0./s1. The molecule has 17 nitrogen and oxygen atoms in total. The van der Waals surface area contributed by atoms with E-state index in [1.54, 1.807) is 0 Å². The molecule has 0 aromatic heterocycles. The van der Waals surface area contributed by atoms with E-state index >= 15 is 0 Å². The molecule has 1 amide bonds. The topological polar surface area (TPSA) is 263 Å². The van der Waals surface area contributed by atoms with Gasteiger partial charge in [0.15, 0.2) is 0 Å². The van der Waals surface area contributed by atoms with Gasteiger partial charge in [0.1, 0.15) is 6.04 Å². The molecular formula is C41H66GdN4O13+3. The number of carbonyl (C=O) groups is 7. The smallest absolute Gasteiger partial charge is 0.481 e. The van der Waals surface area contributed by atoms with E-state index in [0.29, 0.717) is 35.5 Å². The van der Waals surface area contributed by atoms with Gasteiger partial charge in [-0.3, -0.25) is 48.3 Å². The Labute approximate surface area is 378 Å². The molecule has 0 aromatic carbocycles. The molecule has 4 rings (SSSR count). The van der Waals surface area contributed by atoms with Gasteiger partial charge in [-0.25, -0.2) is 0 Å². The molecule has 0 aliphatic heterocycles. The maximum absolute atomic E-state index is 13.4. The van der Waals surface area contributed by atoms with Crippen molar-refractivity contribution in [2.75, 3.05) is 52.4 Å². The summed E-state index contributed by atoms with van der Waals surface area (Å²) in [5, 5.41) is 59.9. The van der Waals surface area contributed by atoms with Gasteiger partial charge < -0.3 is 36.0 Å². The maximum Gasteiger partial charge on any atom is 3.00 e. The number of fused-ring (bicyclic) bond motifs is 5. The van der Waals surface area contributed by atoms with Gasteiger partial charge in [0.05, 0.1) is 26.2 Å². The SMILES string of the molecule is CC(CCC(=O)O)[C@H]1CCC2C3CCC4C[C@@H](NC(=O)CC[C@H](C(=O)O)N(CCN(CC(=O)O)CC(=O)O)CCN(CC(=O)O)CC(=O)O)CC[C@]4(C)C3CC[C@@]21C.[Gd+3]. The quantitative estimate of drug-likeness (QED) is 0.0733. The van der Waals surface area contributed by atoms with Crippen LogP contribution in [0.5, 0.6) is 0 Å². The third kappa shape index (κ3) is 13.7. The predicted molar refractivity (Wildman–Crippen MR) is 209 cm³/mol. The van der Waals surface area contributed by atoms with E-state index in [0.717, 1.165) is 48.3 Å². The third-order valence-corrected chi connectivity index (χ3v) is 14.8. The average Bonchev–Trinajstić information content (AvgIpc) is 3.47. The van der Waals surface area contributed by atoms with Crippen molar-refractivity contribution in [2.45, 2.75) is 116 Å². The molecule has 18 heteroatoms. The summed E-state index contributed by atoms with van der Waals surface area (Å²) in [5.74, 6) is -4.14. The number of carboxylic acid groups (broad SMARTS) is 6. The van der Waals surface area contributed by atoms with Crippen molar-refractivity contribution in [3.05, 3.63) is 0 Å². The van der Waals surface area contributed by atoms with Crippen LogP contribution in [0.4, 0.5) is 0 Å². The molecule has 4 aliphatic rings. The van der Waals surface area contributed by atoms with Crippen molar-refractivity contribution >= 4 is 41.7 Å². The zero-order chi connectivity index (χ0) is 42.9. The fourth-order valence-electron chi connectivity index (χ4n) is 12.1. The first kappa shape index (κ1) is 50.8. The Bertz CT molecular complexity index is 1450. The fourth-order valence-corrected chi connectivity index (χ4v) is 12.1. The molecule has 4 fully saturated rings. The largest absolute Gasteiger partial charge is 3.00 e. The first-order valence-electron chi connectivity index (χ1n) is 21.0. The number of nitrogens with zero attached hydrogens (tertiary/aromatic N) is 3. The monoisotopic (exact) mass is 980 g/mol. The van der Waals surface area contributed by atoms with Crippen LogP contribution in [-0.4, -0.2) is 152 Å². The molecule has 4 saturated carbocycles. The minimum absolute atomic E-state index is 0. The maximum atomic E-state index is 13.4. The number of rotatable bonds is 24. The molecule has 5 unspecified atom stereocenters. The van der Waals surface area contributed by atoms with Gasteiger partial charge in [-0.05, 0) is 117 Å². The predicted octanol–water partition coefficient (Wildman–Crippen LogP) is 3.11. The van der Waals surface area contributed by atoms with Crippen molar-refractivity contribution in [3.63, 3.8) is 0 Å². The Balaban J connectivity index is 0.00000930. The third-order valence-electron chi connectivity index (χ3n) is 14.8. The Morgan fingerprint density at radius 3 is 1.66 bits per heavy atom. The van der Waals surface area contributed by atoms with Crippen LogP contribution in [0, 0.1) is 86.3 Å². The first-order chi connectivity index (χ1) is 27.2. The van der Waals surface area contributed by atoms with E-state index in [1.165, 1.54) is 30.6 Å². The number of hydrogen-bond donors (Lipinski definition) is 7. The minimum atomic E-state index is -1.28. The zero-order valence-electron chi connectivity index (χ0n) is 34.7. The average molecular weight is 980 g/mol. The Morgan fingerprint density at radius 1 is 0.627 bits per heavy atom. The van der Waals surface area contributed by atoms with E-state index in [-0.39, 0.29) is 108 Å². The van der Waals surface area contributed by atoms with Crippen LogP contribution in [0.3, 0.4) is 0 Å². The van der Waals surface area contributed by atoms with Gasteiger partial charge in [-0.1, -0.05) is 20.8 Å². The Kier molecular flexibility index (Phi) is 19.4. The van der Waals surface area contributed by atoms with Crippen LogP contribution in [0.1, 0.15) is 104 Å². The number of amides is 1. The zero-order valence-corrected chi connectivity index (χ0v) is 37.0. The number of carbonyl (C=O) groups excluding carboxylic acids is 1. The summed E-state index contributed by atoms with van der Waals surface area (Å²) in [6.45, 7) is 4.07. The Morgan fingerprint density at radius 2 is 1.15 bits per heavy atom. The second kappa shape index (κ2) is 22.5. The van der Waals surface area contributed by atoms with Gasteiger partial charge >= 0.3 is 75.8 Å². The molecule has 10 atom stereocenters. The van der Waals surface area contributed by atoms with E-state index in [4.69, 9.17) is 0 Å². The number of nitrogens with one attached hydrogen (secondary N) is 1. The van der Waals surface area contributed by atoms with Crippen molar-refractivity contribution in [1.29, 1.82) is 0 Å². The molecule has 333 valence electrons. The van der Waals surface area contributed by atoms with Crippen LogP contribution >= 0.6 is 0 Å². The van der Waals surface area contributed by atoms with Crippen molar-refractivity contribution < 1.29 is 104 Å². The number of hydrogen-bond acceptors (Lipinski definition) is 10. The van der Waals surface area contributed by atoms with Gasteiger partial charge in [0, 0.05) is 45.1 Å². The summed E-state index contributed by atoms with van der Waals surface area (Å²) in [5.41, 5.74) is 0.404. The fraction of sp³-hybridized carbons (Fsp3) is 0.829. The Hall–Kier alpha value is -2.51. The molecule has 0 heterocycles. The second-order valence-electron chi connectivity index (χ2n) is 18.3. The first-order valence-corrected chi connectivity index (χ1v) is 21.0. The summed E-state index contributed by atoms with van der Waals surface area (Å²) in [4.78, 5) is 86.6. The summed E-state index contributed by atoms with van der Waals surface area (Å²) in [7, 11) is 0. The van der Waals surface area contributed by atoms with Crippen LogP contribution < -0.4 is 5.32 Å². The number of carboxylic acids is 6. The molecule has 1 radical (unpaired) electrons. The molecule has 0 spiro atoms. The molecule has 4 aliphatic carbocycles. The minimum Gasteiger partial charge on any atom is -0.481 e. The molecule has 59 heavy (non-hydrogen) atoms. The van der Waals surface area contributed by atoms with Crippen molar-refractivity contribution in [2.24, 2.45) is 46.3 Å². The molecule has 7 N–H and O–H groups in total. The van der Waals surface area contributed by atoms with E-state index in [1.807, 2.05) is 0 Å². The van der Waals surface area contributed by atoms with E-state index < -0.39 is 68.0 Å². The van der Waals surface area contributed by atoms with Gasteiger partial charge in [0.2, 0.25) is 5.91 Å². The number of aliphatic carboxylic acids is 6.